The number of ether oxygens (including phenoxy) is 1. The summed E-state index contributed by atoms with van der Waals surface area (Å²) in [6, 6.07) is 9.41. The molecule has 0 amide bonds. The van der Waals surface area contributed by atoms with Crippen molar-refractivity contribution in [2.75, 3.05) is 13.7 Å². The SMILES string of the molecule is COC[C@@H](C)S(=O)(=O)NCc1ccccc1. The number of methoxy groups -OCH3 is 1. The molecule has 0 radical (unpaired) electrons. The van der Waals surface area contributed by atoms with Crippen molar-refractivity contribution in [3.05, 3.63) is 35.9 Å². The summed E-state index contributed by atoms with van der Waals surface area (Å²) in [6.07, 6.45) is 0. The maximum absolute atomic E-state index is 11.7. The minimum absolute atomic E-state index is 0.199. The molecular weight excluding hydrogens is 226 g/mol. The van der Waals surface area contributed by atoms with Crippen molar-refractivity contribution in [3.8, 4) is 0 Å². The van der Waals surface area contributed by atoms with Crippen LogP contribution in [0.2, 0.25) is 0 Å². The highest BCUT2D eigenvalue weighted by molar-refractivity contribution is 7.90. The first-order valence-corrected chi connectivity index (χ1v) is 6.62. The largest absolute Gasteiger partial charge is 0.383 e. The highest BCUT2D eigenvalue weighted by atomic mass is 32.2. The number of sulfonamides is 1. The van der Waals surface area contributed by atoms with Crippen LogP contribution in [0.15, 0.2) is 30.3 Å². The highest BCUT2D eigenvalue weighted by Crippen LogP contribution is 2.02. The average Bonchev–Trinajstić information content (AvgIpc) is 2.28. The van der Waals surface area contributed by atoms with Crippen LogP contribution in [0, 0.1) is 0 Å². The summed E-state index contributed by atoms with van der Waals surface area (Å²) in [5, 5.41) is -0.541. The second-order valence-electron chi connectivity index (χ2n) is 3.62. The Hall–Kier alpha value is -0.910. The van der Waals surface area contributed by atoms with E-state index in [1.165, 1.54) is 7.11 Å². The van der Waals surface area contributed by atoms with Crippen LogP contribution < -0.4 is 4.72 Å². The fourth-order valence-corrected chi connectivity index (χ4v) is 2.21. The molecule has 0 heterocycles. The van der Waals surface area contributed by atoms with Crippen LogP contribution in [0.25, 0.3) is 0 Å². The Bertz CT molecular complexity index is 402. The van der Waals surface area contributed by atoms with Gasteiger partial charge in [0.1, 0.15) is 0 Å². The lowest BCUT2D eigenvalue weighted by Crippen LogP contribution is -2.34. The van der Waals surface area contributed by atoms with Gasteiger partial charge in [0.25, 0.3) is 0 Å². The number of hydrogen-bond donors (Lipinski definition) is 1. The third kappa shape index (κ3) is 3.92. The van der Waals surface area contributed by atoms with Crippen molar-refractivity contribution in [1.29, 1.82) is 0 Å². The normalized spacial score (nSPS) is 13.6. The molecule has 0 fully saturated rings. The Morgan fingerprint density at radius 2 is 1.94 bits per heavy atom. The Morgan fingerprint density at radius 3 is 2.50 bits per heavy atom. The van der Waals surface area contributed by atoms with E-state index >= 15 is 0 Å². The fraction of sp³-hybridized carbons (Fsp3) is 0.455. The molecule has 4 nitrogen and oxygen atoms in total. The second-order valence-corrected chi connectivity index (χ2v) is 5.80. The molecule has 0 aliphatic heterocycles. The van der Waals surface area contributed by atoms with Crippen molar-refractivity contribution in [2.24, 2.45) is 0 Å². The lowest BCUT2D eigenvalue weighted by Gasteiger charge is -2.12. The molecule has 16 heavy (non-hydrogen) atoms. The maximum Gasteiger partial charge on any atom is 0.216 e. The van der Waals surface area contributed by atoms with Gasteiger partial charge in [-0.1, -0.05) is 30.3 Å². The molecule has 0 aromatic heterocycles. The van der Waals surface area contributed by atoms with Gasteiger partial charge in [-0.15, -0.1) is 0 Å². The van der Waals surface area contributed by atoms with Crippen LogP contribution in [0.4, 0.5) is 0 Å². The van der Waals surface area contributed by atoms with Crippen molar-refractivity contribution < 1.29 is 13.2 Å². The van der Waals surface area contributed by atoms with Crippen LogP contribution in [0.1, 0.15) is 12.5 Å². The van der Waals surface area contributed by atoms with E-state index in [4.69, 9.17) is 4.74 Å². The Morgan fingerprint density at radius 1 is 1.31 bits per heavy atom. The summed E-state index contributed by atoms with van der Waals surface area (Å²) < 4.78 is 30.8. The molecule has 0 bridgehead atoms. The minimum Gasteiger partial charge on any atom is -0.383 e. The smallest absolute Gasteiger partial charge is 0.216 e. The topological polar surface area (TPSA) is 55.4 Å². The molecule has 0 aliphatic rings. The molecule has 0 saturated heterocycles. The zero-order valence-electron chi connectivity index (χ0n) is 9.51. The first-order valence-electron chi connectivity index (χ1n) is 5.07. The molecule has 90 valence electrons. The minimum atomic E-state index is -3.30. The van der Waals surface area contributed by atoms with E-state index in [-0.39, 0.29) is 6.61 Å². The van der Waals surface area contributed by atoms with Crippen molar-refractivity contribution in [3.63, 3.8) is 0 Å². The first-order chi connectivity index (χ1) is 7.56. The van der Waals surface area contributed by atoms with Gasteiger partial charge in [0.15, 0.2) is 0 Å². The van der Waals surface area contributed by atoms with Gasteiger partial charge < -0.3 is 4.74 Å². The molecule has 0 spiro atoms. The van der Waals surface area contributed by atoms with E-state index in [0.29, 0.717) is 6.54 Å². The van der Waals surface area contributed by atoms with E-state index in [9.17, 15) is 8.42 Å². The van der Waals surface area contributed by atoms with Crippen molar-refractivity contribution >= 4 is 10.0 Å². The lowest BCUT2D eigenvalue weighted by atomic mass is 10.2. The first kappa shape index (κ1) is 13.2. The predicted octanol–water partition coefficient (Wildman–Crippen LogP) is 1.14. The standard InChI is InChI=1S/C11H17NO3S/c1-10(9-15-2)16(13,14)12-8-11-6-4-3-5-7-11/h3-7,10,12H,8-9H2,1-2H3/t10-/m1/s1. The molecule has 0 unspecified atom stereocenters. The zero-order valence-corrected chi connectivity index (χ0v) is 10.3. The van der Waals surface area contributed by atoms with Crippen molar-refractivity contribution in [2.45, 2.75) is 18.7 Å². The van der Waals surface area contributed by atoms with Gasteiger partial charge in [-0.05, 0) is 12.5 Å². The summed E-state index contributed by atoms with van der Waals surface area (Å²) in [7, 11) is -1.81. The van der Waals surface area contributed by atoms with Gasteiger partial charge in [0, 0.05) is 13.7 Å². The summed E-state index contributed by atoms with van der Waals surface area (Å²) in [6.45, 7) is 2.14. The molecule has 0 saturated carbocycles. The summed E-state index contributed by atoms with van der Waals surface area (Å²) in [4.78, 5) is 0. The second kappa shape index (κ2) is 5.98. The van der Waals surface area contributed by atoms with E-state index in [1.54, 1.807) is 6.92 Å². The third-order valence-electron chi connectivity index (χ3n) is 2.25. The monoisotopic (exact) mass is 243 g/mol. The third-order valence-corrected chi connectivity index (χ3v) is 3.99. The molecule has 1 N–H and O–H groups in total. The van der Waals surface area contributed by atoms with Crippen molar-refractivity contribution in [1.82, 2.24) is 4.72 Å². The predicted molar refractivity (Wildman–Crippen MR) is 63.5 cm³/mol. The van der Waals surface area contributed by atoms with Gasteiger partial charge in [0.2, 0.25) is 10.0 Å². The summed E-state index contributed by atoms with van der Waals surface area (Å²) in [5.41, 5.74) is 0.940. The molecule has 5 heteroatoms. The Kier molecular flexibility index (Phi) is 4.92. The number of rotatable bonds is 6. The van der Waals surface area contributed by atoms with E-state index in [2.05, 4.69) is 4.72 Å². The van der Waals surface area contributed by atoms with Crippen LogP contribution in [-0.2, 0) is 21.3 Å². The molecule has 0 aliphatic carbocycles. The molecular formula is C11H17NO3S. The molecule has 1 rings (SSSR count). The fourth-order valence-electron chi connectivity index (χ4n) is 1.25. The van der Waals surface area contributed by atoms with E-state index in [1.807, 2.05) is 30.3 Å². The molecule has 1 aromatic rings. The number of nitrogens with one attached hydrogen (secondary N) is 1. The Labute approximate surface area is 96.7 Å². The Balaban J connectivity index is 2.55. The van der Waals surface area contributed by atoms with Crippen LogP contribution in [0.5, 0.6) is 0 Å². The zero-order chi connectivity index (χ0) is 12.0. The number of hydrogen-bond acceptors (Lipinski definition) is 3. The highest BCUT2D eigenvalue weighted by Gasteiger charge is 2.19. The van der Waals surface area contributed by atoms with Crippen LogP contribution in [0.3, 0.4) is 0 Å². The van der Waals surface area contributed by atoms with Gasteiger partial charge in [0.05, 0.1) is 11.9 Å². The van der Waals surface area contributed by atoms with Gasteiger partial charge in [-0.2, -0.15) is 0 Å². The summed E-state index contributed by atoms with van der Waals surface area (Å²) in [5.74, 6) is 0. The van der Waals surface area contributed by atoms with E-state index < -0.39 is 15.3 Å². The van der Waals surface area contributed by atoms with Gasteiger partial charge >= 0.3 is 0 Å². The lowest BCUT2D eigenvalue weighted by molar-refractivity contribution is 0.200. The maximum atomic E-state index is 11.7. The summed E-state index contributed by atoms with van der Waals surface area (Å²) >= 11 is 0. The number of benzene rings is 1. The van der Waals surface area contributed by atoms with Gasteiger partial charge in [-0.25, -0.2) is 13.1 Å². The van der Waals surface area contributed by atoms with Crippen LogP contribution >= 0.6 is 0 Å². The van der Waals surface area contributed by atoms with Crippen LogP contribution in [-0.4, -0.2) is 27.4 Å². The molecule has 1 aromatic carbocycles. The quantitative estimate of drug-likeness (QED) is 0.815. The molecule has 1 atom stereocenters. The average molecular weight is 243 g/mol. The van der Waals surface area contributed by atoms with Gasteiger partial charge in [-0.3, -0.25) is 0 Å². The van der Waals surface area contributed by atoms with E-state index in [0.717, 1.165) is 5.56 Å².